The van der Waals surface area contributed by atoms with Crippen LogP contribution in [0.15, 0.2) is 77.7 Å². The van der Waals surface area contributed by atoms with Gasteiger partial charge in [0.05, 0.1) is 18.7 Å². The normalized spacial score (nSPS) is 16.6. The molecule has 1 fully saturated rings. The van der Waals surface area contributed by atoms with Gasteiger partial charge in [0.1, 0.15) is 22.2 Å². The Balaban J connectivity index is 1.50. The third kappa shape index (κ3) is 5.21. The standard InChI is InChI=1S/C25H25FN2O5S/c1-32-23-14-13-19(26)16-24(23)34(30,31)28-15-7-8-18(17-28)25(29)27-21-11-5-6-12-22(21)33-20-9-3-2-4-10-20/h2-6,9-14,16,18H,7-8,15,17H2,1H3,(H,27,29)/t18-/m0/s1. The highest BCUT2D eigenvalue weighted by Gasteiger charge is 2.35. The van der Waals surface area contributed by atoms with Crippen LogP contribution in [0.5, 0.6) is 17.2 Å². The molecule has 0 spiro atoms. The molecule has 0 aliphatic carbocycles. The molecular formula is C25H25FN2O5S. The van der Waals surface area contributed by atoms with Crippen LogP contribution in [0.1, 0.15) is 12.8 Å². The van der Waals surface area contributed by atoms with Crippen molar-refractivity contribution >= 4 is 21.6 Å². The van der Waals surface area contributed by atoms with E-state index in [4.69, 9.17) is 9.47 Å². The first-order chi connectivity index (χ1) is 16.4. The van der Waals surface area contributed by atoms with E-state index >= 15 is 0 Å². The van der Waals surface area contributed by atoms with Crippen molar-refractivity contribution in [1.29, 1.82) is 0 Å². The molecule has 0 unspecified atom stereocenters. The maximum absolute atomic E-state index is 13.8. The Kier molecular flexibility index (Phi) is 7.14. The number of anilines is 1. The van der Waals surface area contributed by atoms with Crippen LogP contribution in [-0.4, -0.2) is 38.8 Å². The number of sulfonamides is 1. The van der Waals surface area contributed by atoms with Crippen LogP contribution in [-0.2, 0) is 14.8 Å². The number of hydrogen-bond donors (Lipinski definition) is 1. The molecule has 1 atom stereocenters. The largest absolute Gasteiger partial charge is 0.495 e. The summed E-state index contributed by atoms with van der Waals surface area (Å²) in [5.74, 6) is -0.404. The van der Waals surface area contributed by atoms with Crippen LogP contribution in [0.25, 0.3) is 0 Å². The van der Waals surface area contributed by atoms with Crippen molar-refractivity contribution in [3.63, 3.8) is 0 Å². The number of nitrogens with one attached hydrogen (secondary N) is 1. The van der Waals surface area contributed by atoms with Gasteiger partial charge in [-0.2, -0.15) is 4.31 Å². The molecule has 4 rings (SSSR count). The number of para-hydroxylation sites is 3. The molecular weight excluding hydrogens is 459 g/mol. The predicted molar refractivity (Wildman–Crippen MR) is 126 cm³/mol. The Labute approximate surface area is 198 Å². The van der Waals surface area contributed by atoms with E-state index in [0.717, 1.165) is 12.1 Å². The molecule has 178 valence electrons. The molecule has 0 saturated carbocycles. The fourth-order valence-electron chi connectivity index (χ4n) is 3.88. The van der Waals surface area contributed by atoms with Gasteiger partial charge in [-0.25, -0.2) is 12.8 Å². The van der Waals surface area contributed by atoms with Crippen molar-refractivity contribution < 1.29 is 27.1 Å². The van der Waals surface area contributed by atoms with Crippen molar-refractivity contribution in [1.82, 2.24) is 4.31 Å². The highest BCUT2D eigenvalue weighted by Crippen LogP contribution is 2.32. The lowest BCUT2D eigenvalue weighted by Crippen LogP contribution is -2.43. The van der Waals surface area contributed by atoms with Crippen LogP contribution in [0, 0.1) is 11.7 Å². The monoisotopic (exact) mass is 484 g/mol. The summed E-state index contributed by atoms with van der Waals surface area (Å²) in [5, 5.41) is 2.87. The molecule has 3 aromatic rings. The van der Waals surface area contributed by atoms with Crippen LogP contribution in [0.3, 0.4) is 0 Å². The summed E-state index contributed by atoms with van der Waals surface area (Å²) < 4.78 is 52.5. The first-order valence-corrected chi connectivity index (χ1v) is 12.3. The maximum Gasteiger partial charge on any atom is 0.246 e. The van der Waals surface area contributed by atoms with E-state index < -0.39 is 21.8 Å². The van der Waals surface area contributed by atoms with Gasteiger partial charge in [-0.15, -0.1) is 0 Å². The zero-order valence-electron chi connectivity index (χ0n) is 18.6. The third-order valence-electron chi connectivity index (χ3n) is 5.61. The van der Waals surface area contributed by atoms with Crippen LogP contribution in [0.2, 0.25) is 0 Å². The SMILES string of the molecule is COc1ccc(F)cc1S(=O)(=O)N1CCC[C@H](C(=O)Nc2ccccc2Oc2ccccc2)C1. The summed E-state index contributed by atoms with van der Waals surface area (Å²) in [4.78, 5) is 12.8. The summed E-state index contributed by atoms with van der Waals surface area (Å²) in [7, 11) is -2.72. The first kappa shape index (κ1) is 23.7. The number of piperidine rings is 1. The highest BCUT2D eigenvalue weighted by atomic mass is 32.2. The van der Waals surface area contributed by atoms with E-state index in [-0.39, 0.29) is 29.6 Å². The second-order valence-electron chi connectivity index (χ2n) is 7.90. The lowest BCUT2D eigenvalue weighted by atomic mass is 9.98. The fraction of sp³-hybridized carbons (Fsp3) is 0.240. The number of hydrogen-bond acceptors (Lipinski definition) is 5. The molecule has 1 aliphatic rings. The van der Waals surface area contributed by atoms with Crippen molar-refractivity contribution in [3.05, 3.63) is 78.6 Å². The Morgan fingerprint density at radius 1 is 1.03 bits per heavy atom. The average molecular weight is 485 g/mol. The highest BCUT2D eigenvalue weighted by molar-refractivity contribution is 7.89. The molecule has 1 amide bonds. The quantitative estimate of drug-likeness (QED) is 0.527. The maximum atomic E-state index is 13.8. The van der Waals surface area contributed by atoms with E-state index in [2.05, 4.69) is 5.32 Å². The molecule has 34 heavy (non-hydrogen) atoms. The van der Waals surface area contributed by atoms with Crippen LogP contribution < -0.4 is 14.8 Å². The summed E-state index contributed by atoms with van der Waals surface area (Å²) >= 11 is 0. The van der Waals surface area contributed by atoms with E-state index in [1.807, 2.05) is 30.3 Å². The lowest BCUT2D eigenvalue weighted by molar-refractivity contribution is -0.120. The van der Waals surface area contributed by atoms with E-state index in [9.17, 15) is 17.6 Å². The molecule has 1 aliphatic heterocycles. The molecule has 3 aromatic carbocycles. The minimum atomic E-state index is -4.05. The van der Waals surface area contributed by atoms with Gasteiger partial charge in [0.15, 0.2) is 5.75 Å². The number of ether oxygens (including phenoxy) is 2. The van der Waals surface area contributed by atoms with Gasteiger partial charge in [-0.05, 0) is 55.3 Å². The number of rotatable bonds is 7. The number of carbonyl (C=O) groups excluding carboxylic acids is 1. The molecule has 0 bridgehead atoms. The smallest absolute Gasteiger partial charge is 0.246 e. The van der Waals surface area contributed by atoms with E-state index in [1.165, 1.54) is 17.5 Å². The summed E-state index contributed by atoms with van der Waals surface area (Å²) in [6, 6.07) is 19.6. The Bertz CT molecular complexity index is 1270. The summed E-state index contributed by atoms with van der Waals surface area (Å²) in [6.07, 6.45) is 1.02. The van der Waals surface area contributed by atoms with Crippen molar-refractivity contribution in [2.45, 2.75) is 17.7 Å². The fourth-order valence-corrected chi connectivity index (χ4v) is 5.57. The van der Waals surface area contributed by atoms with Gasteiger partial charge in [-0.1, -0.05) is 30.3 Å². The minimum Gasteiger partial charge on any atom is -0.495 e. The van der Waals surface area contributed by atoms with Gasteiger partial charge in [0.2, 0.25) is 15.9 Å². The molecule has 9 heteroatoms. The van der Waals surface area contributed by atoms with Gasteiger partial charge < -0.3 is 14.8 Å². The zero-order chi connectivity index (χ0) is 24.1. The second kappa shape index (κ2) is 10.2. The van der Waals surface area contributed by atoms with E-state index in [0.29, 0.717) is 30.0 Å². The molecule has 0 radical (unpaired) electrons. The van der Waals surface area contributed by atoms with E-state index in [1.54, 1.807) is 24.3 Å². The summed E-state index contributed by atoms with van der Waals surface area (Å²) in [5.41, 5.74) is 0.489. The van der Waals surface area contributed by atoms with Gasteiger partial charge in [0, 0.05) is 13.1 Å². The van der Waals surface area contributed by atoms with Crippen molar-refractivity contribution in [2.24, 2.45) is 5.92 Å². The molecule has 7 nitrogen and oxygen atoms in total. The van der Waals surface area contributed by atoms with Gasteiger partial charge >= 0.3 is 0 Å². The number of benzene rings is 3. The first-order valence-electron chi connectivity index (χ1n) is 10.8. The Morgan fingerprint density at radius 3 is 2.53 bits per heavy atom. The number of methoxy groups -OCH3 is 1. The lowest BCUT2D eigenvalue weighted by Gasteiger charge is -2.31. The Hall–Kier alpha value is -3.43. The van der Waals surface area contributed by atoms with Crippen molar-refractivity contribution in [3.8, 4) is 17.2 Å². The summed E-state index contributed by atoms with van der Waals surface area (Å²) in [6.45, 7) is 0.217. The molecule has 0 aromatic heterocycles. The zero-order valence-corrected chi connectivity index (χ0v) is 19.4. The van der Waals surface area contributed by atoms with Gasteiger partial charge in [0.25, 0.3) is 0 Å². The number of halogens is 1. The molecule has 1 N–H and O–H groups in total. The van der Waals surface area contributed by atoms with Crippen molar-refractivity contribution in [2.75, 3.05) is 25.5 Å². The Morgan fingerprint density at radius 2 is 1.76 bits per heavy atom. The van der Waals surface area contributed by atoms with Crippen LogP contribution >= 0.6 is 0 Å². The predicted octanol–water partition coefficient (Wildman–Crippen LogP) is 4.67. The number of nitrogens with zero attached hydrogens (tertiary/aromatic N) is 1. The second-order valence-corrected chi connectivity index (χ2v) is 9.80. The number of carbonyl (C=O) groups is 1. The molecule has 1 heterocycles. The molecule has 1 saturated heterocycles. The minimum absolute atomic E-state index is 0.0183. The average Bonchev–Trinajstić information content (AvgIpc) is 2.86. The number of amides is 1. The topological polar surface area (TPSA) is 84.9 Å². The van der Waals surface area contributed by atoms with Gasteiger partial charge in [-0.3, -0.25) is 4.79 Å². The van der Waals surface area contributed by atoms with Crippen LogP contribution in [0.4, 0.5) is 10.1 Å². The third-order valence-corrected chi connectivity index (χ3v) is 7.50.